The molecule has 0 aliphatic carbocycles. The lowest BCUT2D eigenvalue weighted by Gasteiger charge is -2.20. The average molecular weight is 310 g/mol. The van der Waals surface area contributed by atoms with E-state index in [2.05, 4.69) is 13.8 Å². The molecule has 0 amide bonds. The highest BCUT2D eigenvalue weighted by Gasteiger charge is 2.16. The van der Waals surface area contributed by atoms with Gasteiger partial charge in [0.05, 0.1) is 0 Å². The number of hydrogen-bond donors (Lipinski definition) is 0. The van der Waals surface area contributed by atoms with Gasteiger partial charge in [-0.3, -0.25) is 4.79 Å². The second-order valence-electron chi connectivity index (χ2n) is 5.33. The smallest absolute Gasteiger partial charge is 0.305 e. The van der Waals surface area contributed by atoms with Crippen LogP contribution in [-0.2, 0) is 9.53 Å². The number of thioether (sulfide) groups is 1. The summed E-state index contributed by atoms with van der Waals surface area (Å²) < 4.78 is 29.2. The van der Waals surface area contributed by atoms with E-state index in [0.29, 0.717) is 30.6 Å². The molecule has 120 valence electrons. The molecule has 0 aromatic heterocycles. The molecule has 0 spiro atoms. The number of carbonyl (C=O) groups excluding carboxylic acids is 1. The standard InChI is InChI=1S/C15H28F2O2S/c1-4-8-15(18)19-11-13(12(2)3)20-10-7-5-6-9-14(16)17/h12-14H,4-11H2,1-3H3. The van der Waals surface area contributed by atoms with Crippen molar-refractivity contribution in [1.82, 2.24) is 0 Å². The lowest BCUT2D eigenvalue weighted by molar-refractivity contribution is -0.143. The van der Waals surface area contributed by atoms with Crippen LogP contribution in [0.4, 0.5) is 8.78 Å². The van der Waals surface area contributed by atoms with Crippen LogP contribution in [0.5, 0.6) is 0 Å². The molecule has 0 aromatic carbocycles. The summed E-state index contributed by atoms with van der Waals surface area (Å²) in [5, 5.41) is 0.297. The fourth-order valence-corrected chi connectivity index (χ4v) is 2.92. The Bertz CT molecular complexity index is 248. The first kappa shape index (κ1) is 19.7. The quantitative estimate of drug-likeness (QED) is 0.378. The van der Waals surface area contributed by atoms with Crippen molar-refractivity contribution in [2.24, 2.45) is 5.92 Å². The largest absolute Gasteiger partial charge is 0.464 e. The number of ether oxygens (including phenoxy) is 1. The van der Waals surface area contributed by atoms with Crippen molar-refractivity contribution >= 4 is 17.7 Å². The van der Waals surface area contributed by atoms with Gasteiger partial charge in [-0.1, -0.05) is 27.2 Å². The Labute approximate surface area is 126 Å². The zero-order valence-electron chi connectivity index (χ0n) is 12.9. The van der Waals surface area contributed by atoms with Crippen molar-refractivity contribution in [3.8, 4) is 0 Å². The molecular weight excluding hydrogens is 282 g/mol. The van der Waals surface area contributed by atoms with Crippen molar-refractivity contribution in [3.05, 3.63) is 0 Å². The highest BCUT2D eigenvalue weighted by Crippen LogP contribution is 2.22. The molecule has 0 N–H and O–H groups in total. The number of esters is 1. The monoisotopic (exact) mass is 310 g/mol. The minimum Gasteiger partial charge on any atom is -0.464 e. The zero-order valence-corrected chi connectivity index (χ0v) is 13.7. The molecule has 0 aliphatic rings. The number of halogens is 2. The van der Waals surface area contributed by atoms with Gasteiger partial charge in [-0.15, -0.1) is 0 Å². The third-order valence-electron chi connectivity index (χ3n) is 3.00. The molecule has 0 fully saturated rings. The van der Waals surface area contributed by atoms with E-state index in [0.717, 1.165) is 25.0 Å². The van der Waals surface area contributed by atoms with Crippen LogP contribution in [0.25, 0.3) is 0 Å². The summed E-state index contributed by atoms with van der Waals surface area (Å²) in [6, 6.07) is 0. The van der Waals surface area contributed by atoms with Crippen molar-refractivity contribution < 1.29 is 18.3 Å². The molecule has 0 saturated heterocycles. The maximum Gasteiger partial charge on any atom is 0.305 e. The molecule has 2 nitrogen and oxygen atoms in total. The molecule has 1 atom stereocenters. The average Bonchev–Trinajstić information content (AvgIpc) is 2.36. The van der Waals surface area contributed by atoms with Crippen molar-refractivity contribution in [2.45, 2.75) is 71.0 Å². The Morgan fingerprint density at radius 1 is 1.20 bits per heavy atom. The van der Waals surface area contributed by atoms with Gasteiger partial charge in [0.2, 0.25) is 6.43 Å². The number of carbonyl (C=O) groups is 1. The Balaban J connectivity index is 3.72. The Kier molecular flexibility index (Phi) is 12.2. The van der Waals surface area contributed by atoms with E-state index < -0.39 is 6.43 Å². The molecule has 0 aromatic rings. The predicted molar refractivity (Wildman–Crippen MR) is 81.4 cm³/mol. The fraction of sp³-hybridized carbons (Fsp3) is 0.933. The molecule has 0 aliphatic heterocycles. The highest BCUT2D eigenvalue weighted by molar-refractivity contribution is 7.99. The lowest BCUT2D eigenvalue weighted by atomic mass is 10.1. The van der Waals surface area contributed by atoms with Crippen LogP contribution in [0.2, 0.25) is 0 Å². The van der Waals surface area contributed by atoms with E-state index in [1.807, 2.05) is 6.92 Å². The highest BCUT2D eigenvalue weighted by atomic mass is 32.2. The van der Waals surface area contributed by atoms with Gasteiger partial charge < -0.3 is 4.74 Å². The topological polar surface area (TPSA) is 26.3 Å². The summed E-state index contributed by atoms with van der Waals surface area (Å²) >= 11 is 1.78. The van der Waals surface area contributed by atoms with Crippen LogP contribution in [0, 0.1) is 5.92 Å². The molecular formula is C15H28F2O2S. The van der Waals surface area contributed by atoms with Gasteiger partial charge in [-0.2, -0.15) is 11.8 Å². The first-order chi connectivity index (χ1) is 9.47. The number of alkyl halides is 2. The second-order valence-corrected chi connectivity index (χ2v) is 6.67. The van der Waals surface area contributed by atoms with E-state index in [-0.39, 0.29) is 12.4 Å². The van der Waals surface area contributed by atoms with E-state index in [4.69, 9.17) is 4.74 Å². The summed E-state index contributed by atoms with van der Waals surface area (Å²) in [6.45, 7) is 6.64. The third-order valence-corrected chi connectivity index (χ3v) is 4.64. The molecule has 5 heteroatoms. The van der Waals surface area contributed by atoms with Gasteiger partial charge >= 0.3 is 5.97 Å². The predicted octanol–water partition coefficient (Wildman–Crippen LogP) is 4.91. The van der Waals surface area contributed by atoms with Crippen LogP contribution in [-0.4, -0.2) is 30.0 Å². The minimum absolute atomic E-state index is 0.00685. The van der Waals surface area contributed by atoms with E-state index >= 15 is 0 Å². The molecule has 0 heterocycles. The number of unbranched alkanes of at least 4 members (excludes halogenated alkanes) is 2. The van der Waals surface area contributed by atoms with E-state index in [1.54, 1.807) is 11.8 Å². The Morgan fingerprint density at radius 3 is 2.45 bits per heavy atom. The maximum absolute atomic E-state index is 12.0. The summed E-state index contributed by atoms with van der Waals surface area (Å²) in [5.74, 6) is 1.25. The summed E-state index contributed by atoms with van der Waals surface area (Å²) in [6.07, 6.45) is 1.50. The van der Waals surface area contributed by atoms with E-state index in [9.17, 15) is 13.6 Å². The van der Waals surface area contributed by atoms with Gasteiger partial charge in [-0.25, -0.2) is 8.78 Å². The second kappa shape index (κ2) is 12.4. The maximum atomic E-state index is 12.0. The van der Waals surface area contributed by atoms with Crippen LogP contribution >= 0.6 is 11.8 Å². The van der Waals surface area contributed by atoms with Gasteiger partial charge in [0.25, 0.3) is 0 Å². The van der Waals surface area contributed by atoms with E-state index in [1.165, 1.54) is 0 Å². The van der Waals surface area contributed by atoms with Crippen LogP contribution in [0.1, 0.15) is 59.3 Å². The van der Waals surface area contributed by atoms with Gasteiger partial charge in [-0.05, 0) is 30.9 Å². The number of hydrogen-bond acceptors (Lipinski definition) is 3. The van der Waals surface area contributed by atoms with Gasteiger partial charge in [0, 0.05) is 18.1 Å². The zero-order chi connectivity index (χ0) is 15.4. The van der Waals surface area contributed by atoms with Crippen molar-refractivity contribution in [1.29, 1.82) is 0 Å². The SMILES string of the molecule is CCCC(=O)OCC(SCCCCCC(F)F)C(C)C. The first-order valence-electron chi connectivity index (χ1n) is 7.52. The van der Waals surface area contributed by atoms with Crippen LogP contribution in [0.3, 0.4) is 0 Å². The minimum atomic E-state index is -2.18. The third kappa shape index (κ3) is 11.5. The van der Waals surface area contributed by atoms with Gasteiger partial charge in [0.15, 0.2) is 0 Å². The van der Waals surface area contributed by atoms with Crippen LogP contribution in [0.15, 0.2) is 0 Å². The lowest BCUT2D eigenvalue weighted by Crippen LogP contribution is -2.21. The Morgan fingerprint density at radius 2 is 1.90 bits per heavy atom. The molecule has 0 rings (SSSR count). The fourth-order valence-electron chi connectivity index (χ4n) is 1.70. The summed E-state index contributed by atoms with van der Waals surface area (Å²) in [4.78, 5) is 11.3. The summed E-state index contributed by atoms with van der Waals surface area (Å²) in [5.41, 5.74) is 0. The molecule has 0 radical (unpaired) electrons. The molecule has 1 unspecified atom stereocenters. The van der Waals surface area contributed by atoms with Gasteiger partial charge in [0.1, 0.15) is 6.61 Å². The Hall–Kier alpha value is -0.320. The van der Waals surface area contributed by atoms with Crippen LogP contribution < -0.4 is 0 Å². The normalized spacial score (nSPS) is 12.9. The first-order valence-corrected chi connectivity index (χ1v) is 8.57. The summed E-state index contributed by atoms with van der Waals surface area (Å²) in [7, 11) is 0. The molecule has 20 heavy (non-hydrogen) atoms. The molecule has 0 saturated carbocycles. The van der Waals surface area contributed by atoms with Crippen molar-refractivity contribution in [2.75, 3.05) is 12.4 Å². The molecule has 0 bridgehead atoms. The number of rotatable bonds is 12. The van der Waals surface area contributed by atoms with Crippen molar-refractivity contribution in [3.63, 3.8) is 0 Å².